The van der Waals surface area contributed by atoms with Gasteiger partial charge in [0.1, 0.15) is 5.75 Å². The Morgan fingerprint density at radius 1 is 1.33 bits per heavy atom. The van der Waals surface area contributed by atoms with Gasteiger partial charge in [-0.1, -0.05) is 32.6 Å². The molecule has 0 aliphatic rings. The van der Waals surface area contributed by atoms with Gasteiger partial charge < -0.3 is 9.47 Å². The van der Waals surface area contributed by atoms with Crippen LogP contribution in [0.4, 0.5) is 0 Å². The van der Waals surface area contributed by atoms with Crippen molar-refractivity contribution in [1.82, 2.24) is 0 Å². The van der Waals surface area contributed by atoms with E-state index >= 15 is 0 Å². The predicted molar refractivity (Wildman–Crippen MR) is 71.8 cm³/mol. The zero-order valence-electron chi connectivity index (χ0n) is 11.2. The molecule has 3 nitrogen and oxygen atoms in total. The molecule has 0 aromatic heterocycles. The van der Waals surface area contributed by atoms with E-state index in [0.717, 1.165) is 12.2 Å². The first-order chi connectivity index (χ1) is 8.49. The highest BCUT2D eigenvalue weighted by molar-refractivity contribution is 5.81. The number of carbonyl (C=O) groups excluding carboxylic acids is 1. The van der Waals surface area contributed by atoms with Gasteiger partial charge in [-0.25, -0.2) is 4.79 Å². The molecule has 0 unspecified atom stereocenters. The Kier molecular flexibility index (Phi) is 4.95. The fourth-order valence-corrected chi connectivity index (χ4v) is 1.65. The van der Waals surface area contributed by atoms with Crippen molar-refractivity contribution in [3.05, 3.63) is 42.5 Å². The van der Waals surface area contributed by atoms with Crippen molar-refractivity contribution in [2.45, 2.75) is 25.7 Å². The molecule has 0 heterocycles. The van der Waals surface area contributed by atoms with E-state index in [1.807, 2.05) is 24.3 Å². The highest BCUT2D eigenvalue weighted by Crippen LogP contribution is 2.28. The summed E-state index contributed by atoms with van der Waals surface area (Å²) in [6.07, 6.45) is 1.94. The summed E-state index contributed by atoms with van der Waals surface area (Å²) in [6, 6.07) is 7.95. The predicted octanol–water partition coefficient (Wildman–Crippen LogP) is 3.09. The van der Waals surface area contributed by atoms with Crippen molar-refractivity contribution in [3.8, 4) is 5.75 Å². The Hall–Kier alpha value is -1.77. The standard InChI is InChI=1S/C15H20O3/c1-5-14(16)18-11-10-15(2,3)12-6-8-13(17-4)9-7-12/h5-9H,1,10-11H2,2-4H3. The van der Waals surface area contributed by atoms with Gasteiger partial charge in [0.15, 0.2) is 0 Å². The second-order valence-corrected chi connectivity index (χ2v) is 4.73. The van der Waals surface area contributed by atoms with Crippen LogP contribution in [0.5, 0.6) is 5.75 Å². The van der Waals surface area contributed by atoms with Gasteiger partial charge in [0.05, 0.1) is 13.7 Å². The number of ether oxygens (including phenoxy) is 2. The monoisotopic (exact) mass is 248 g/mol. The third-order valence-electron chi connectivity index (χ3n) is 3.01. The molecular formula is C15H20O3. The van der Waals surface area contributed by atoms with E-state index in [-0.39, 0.29) is 11.4 Å². The Labute approximate surface area is 108 Å². The molecule has 0 saturated carbocycles. The lowest BCUT2D eigenvalue weighted by molar-refractivity contribution is -0.138. The van der Waals surface area contributed by atoms with Gasteiger partial charge >= 0.3 is 5.97 Å². The van der Waals surface area contributed by atoms with E-state index in [9.17, 15) is 4.79 Å². The Morgan fingerprint density at radius 3 is 2.44 bits per heavy atom. The van der Waals surface area contributed by atoms with Crippen molar-refractivity contribution < 1.29 is 14.3 Å². The number of hydrogen-bond donors (Lipinski definition) is 0. The first-order valence-corrected chi connectivity index (χ1v) is 5.93. The van der Waals surface area contributed by atoms with E-state index in [1.54, 1.807) is 7.11 Å². The summed E-state index contributed by atoms with van der Waals surface area (Å²) in [7, 11) is 1.65. The van der Waals surface area contributed by atoms with Crippen LogP contribution in [0.2, 0.25) is 0 Å². The van der Waals surface area contributed by atoms with Crippen LogP contribution < -0.4 is 4.74 Å². The second-order valence-electron chi connectivity index (χ2n) is 4.73. The quantitative estimate of drug-likeness (QED) is 0.573. The van der Waals surface area contributed by atoms with Gasteiger partial charge in [0, 0.05) is 6.08 Å². The van der Waals surface area contributed by atoms with Gasteiger partial charge in [-0.2, -0.15) is 0 Å². The maximum absolute atomic E-state index is 11.0. The fourth-order valence-electron chi connectivity index (χ4n) is 1.65. The number of esters is 1. The van der Waals surface area contributed by atoms with E-state index in [2.05, 4.69) is 20.4 Å². The highest BCUT2D eigenvalue weighted by atomic mass is 16.5. The molecule has 3 heteroatoms. The van der Waals surface area contributed by atoms with Crippen LogP contribution in [0.3, 0.4) is 0 Å². The molecule has 0 bridgehead atoms. The summed E-state index contributed by atoms with van der Waals surface area (Å²) in [5.41, 5.74) is 1.14. The molecule has 0 spiro atoms. The molecule has 0 fully saturated rings. The van der Waals surface area contributed by atoms with Crippen LogP contribution in [-0.4, -0.2) is 19.7 Å². The molecule has 1 aromatic carbocycles. The Bertz CT molecular complexity index is 404. The van der Waals surface area contributed by atoms with Crippen molar-refractivity contribution in [3.63, 3.8) is 0 Å². The molecule has 1 rings (SSSR count). The topological polar surface area (TPSA) is 35.5 Å². The molecule has 0 atom stereocenters. The van der Waals surface area contributed by atoms with E-state index in [1.165, 1.54) is 11.6 Å². The zero-order chi connectivity index (χ0) is 13.6. The van der Waals surface area contributed by atoms with Crippen LogP contribution in [0.15, 0.2) is 36.9 Å². The van der Waals surface area contributed by atoms with Gasteiger partial charge in [0.2, 0.25) is 0 Å². The highest BCUT2D eigenvalue weighted by Gasteiger charge is 2.20. The van der Waals surface area contributed by atoms with E-state index < -0.39 is 0 Å². The van der Waals surface area contributed by atoms with Gasteiger partial charge in [0.25, 0.3) is 0 Å². The van der Waals surface area contributed by atoms with E-state index in [4.69, 9.17) is 9.47 Å². The lowest BCUT2D eigenvalue weighted by atomic mass is 9.82. The molecule has 98 valence electrons. The number of hydrogen-bond acceptors (Lipinski definition) is 3. The number of methoxy groups -OCH3 is 1. The van der Waals surface area contributed by atoms with Gasteiger partial charge in [-0.05, 0) is 29.5 Å². The Morgan fingerprint density at radius 2 is 1.94 bits per heavy atom. The van der Waals surface area contributed by atoms with Crippen molar-refractivity contribution in [2.24, 2.45) is 0 Å². The van der Waals surface area contributed by atoms with Crippen molar-refractivity contribution in [2.75, 3.05) is 13.7 Å². The van der Waals surface area contributed by atoms with Crippen molar-refractivity contribution in [1.29, 1.82) is 0 Å². The molecule has 0 aliphatic carbocycles. The van der Waals surface area contributed by atoms with E-state index in [0.29, 0.717) is 6.61 Å². The summed E-state index contributed by atoms with van der Waals surface area (Å²) in [6.45, 7) is 8.00. The van der Waals surface area contributed by atoms with Crippen LogP contribution in [0.1, 0.15) is 25.8 Å². The maximum atomic E-state index is 11.0. The summed E-state index contributed by atoms with van der Waals surface area (Å²) in [5.74, 6) is 0.466. The molecule has 1 aromatic rings. The summed E-state index contributed by atoms with van der Waals surface area (Å²) >= 11 is 0. The largest absolute Gasteiger partial charge is 0.497 e. The molecule has 0 saturated heterocycles. The average molecular weight is 248 g/mol. The SMILES string of the molecule is C=CC(=O)OCCC(C)(C)c1ccc(OC)cc1. The lowest BCUT2D eigenvalue weighted by Gasteiger charge is -2.25. The number of benzene rings is 1. The first kappa shape index (κ1) is 14.3. The Balaban J connectivity index is 2.61. The van der Waals surface area contributed by atoms with Crippen molar-refractivity contribution >= 4 is 5.97 Å². The summed E-state index contributed by atoms with van der Waals surface area (Å²) < 4.78 is 10.1. The molecule has 18 heavy (non-hydrogen) atoms. The minimum absolute atomic E-state index is 0.0479. The average Bonchev–Trinajstić information content (AvgIpc) is 2.38. The summed E-state index contributed by atoms with van der Waals surface area (Å²) in [5, 5.41) is 0. The first-order valence-electron chi connectivity index (χ1n) is 5.93. The molecular weight excluding hydrogens is 228 g/mol. The lowest BCUT2D eigenvalue weighted by Crippen LogP contribution is -2.20. The number of rotatable bonds is 6. The summed E-state index contributed by atoms with van der Waals surface area (Å²) in [4.78, 5) is 11.0. The minimum Gasteiger partial charge on any atom is -0.497 e. The second kappa shape index (κ2) is 6.24. The third kappa shape index (κ3) is 3.91. The van der Waals surface area contributed by atoms with Gasteiger partial charge in [-0.3, -0.25) is 0 Å². The molecule has 0 N–H and O–H groups in total. The van der Waals surface area contributed by atoms with Crippen LogP contribution >= 0.6 is 0 Å². The smallest absolute Gasteiger partial charge is 0.330 e. The molecule has 0 aliphatic heterocycles. The van der Waals surface area contributed by atoms with Crippen LogP contribution in [-0.2, 0) is 14.9 Å². The van der Waals surface area contributed by atoms with Gasteiger partial charge in [-0.15, -0.1) is 0 Å². The van der Waals surface area contributed by atoms with Crippen LogP contribution in [0, 0.1) is 0 Å². The zero-order valence-corrected chi connectivity index (χ0v) is 11.2. The minimum atomic E-state index is -0.375. The molecule has 0 amide bonds. The number of carbonyl (C=O) groups is 1. The maximum Gasteiger partial charge on any atom is 0.330 e. The molecule has 0 radical (unpaired) electrons. The van der Waals surface area contributed by atoms with Crippen LogP contribution in [0.25, 0.3) is 0 Å². The third-order valence-corrected chi connectivity index (χ3v) is 3.01. The normalized spacial score (nSPS) is 10.8. The fraction of sp³-hybridized carbons (Fsp3) is 0.400.